The summed E-state index contributed by atoms with van der Waals surface area (Å²) in [6.45, 7) is 2.58. The normalized spacial score (nSPS) is 12.4. The Balaban J connectivity index is 1.94. The summed E-state index contributed by atoms with van der Waals surface area (Å²) in [6, 6.07) is 11.9. The molecule has 1 unspecified atom stereocenters. The number of hydrogen-bond donors (Lipinski definition) is 1. The predicted molar refractivity (Wildman–Crippen MR) is 75.6 cm³/mol. The van der Waals surface area contributed by atoms with E-state index in [2.05, 4.69) is 35.0 Å². The van der Waals surface area contributed by atoms with Crippen LogP contribution in [0.1, 0.15) is 15.8 Å². The van der Waals surface area contributed by atoms with Crippen molar-refractivity contribution in [1.82, 2.24) is 0 Å². The summed E-state index contributed by atoms with van der Waals surface area (Å²) in [6.07, 6.45) is 0. The number of rotatable bonds is 4. The first kappa shape index (κ1) is 12.6. The molecule has 1 aromatic heterocycles. The summed E-state index contributed by atoms with van der Waals surface area (Å²) in [5, 5.41) is 0. The second kappa shape index (κ2) is 5.67. The van der Waals surface area contributed by atoms with Crippen molar-refractivity contribution < 1.29 is 4.74 Å². The van der Waals surface area contributed by atoms with E-state index in [4.69, 9.17) is 10.5 Å². The number of thiophene rings is 1. The SMILES string of the molecule is Cc1ccc(C(N)COc2cccc(Br)c2)s1. The first-order valence-corrected chi connectivity index (χ1v) is 6.96. The highest BCUT2D eigenvalue weighted by Gasteiger charge is 2.09. The van der Waals surface area contributed by atoms with Gasteiger partial charge in [-0.2, -0.15) is 0 Å². The molecule has 0 fully saturated rings. The zero-order valence-electron chi connectivity index (χ0n) is 9.52. The van der Waals surface area contributed by atoms with E-state index in [1.807, 2.05) is 24.3 Å². The Morgan fingerprint density at radius 3 is 2.82 bits per heavy atom. The van der Waals surface area contributed by atoms with Crippen LogP contribution >= 0.6 is 27.3 Å². The van der Waals surface area contributed by atoms with Crippen molar-refractivity contribution in [2.45, 2.75) is 13.0 Å². The molecule has 2 rings (SSSR count). The van der Waals surface area contributed by atoms with E-state index in [9.17, 15) is 0 Å². The first-order valence-electron chi connectivity index (χ1n) is 5.35. The average Bonchev–Trinajstić information content (AvgIpc) is 2.73. The van der Waals surface area contributed by atoms with Crippen LogP contribution in [0.3, 0.4) is 0 Å². The molecule has 4 heteroatoms. The second-order valence-corrected chi connectivity index (χ2v) is 6.06. The lowest BCUT2D eigenvalue weighted by molar-refractivity contribution is 0.292. The standard InChI is InChI=1S/C13H14BrNOS/c1-9-5-6-13(17-9)12(15)8-16-11-4-2-3-10(14)7-11/h2-7,12H,8,15H2,1H3. The monoisotopic (exact) mass is 311 g/mol. The molecule has 0 aliphatic rings. The number of benzene rings is 1. The molecule has 0 bridgehead atoms. The van der Waals surface area contributed by atoms with Gasteiger partial charge in [0.1, 0.15) is 12.4 Å². The van der Waals surface area contributed by atoms with Gasteiger partial charge in [0.05, 0.1) is 6.04 Å². The molecule has 17 heavy (non-hydrogen) atoms. The molecule has 2 aromatic rings. The maximum Gasteiger partial charge on any atom is 0.120 e. The van der Waals surface area contributed by atoms with E-state index >= 15 is 0 Å². The van der Waals surface area contributed by atoms with E-state index < -0.39 is 0 Å². The summed E-state index contributed by atoms with van der Waals surface area (Å²) in [7, 11) is 0. The van der Waals surface area contributed by atoms with Crippen LogP contribution in [0.25, 0.3) is 0 Å². The molecule has 0 aliphatic heterocycles. The molecule has 1 aromatic carbocycles. The van der Waals surface area contributed by atoms with Crippen molar-refractivity contribution in [2.75, 3.05) is 6.61 Å². The molecule has 0 radical (unpaired) electrons. The molecule has 0 amide bonds. The second-order valence-electron chi connectivity index (χ2n) is 3.82. The predicted octanol–water partition coefficient (Wildman–Crippen LogP) is 3.90. The van der Waals surface area contributed by atoms with E-state index in [1.54, 1.807) is 11.3 Å². The van der Waals surface area contributed by atoms with E-state index in [-0.39, 0.29) is 6.04 Å². The van der Waals surface area contributed by atoms with Crippen molar-refractivity contribution in [3.05, 3.63) is 50.6 Å². The number of halogens is 1. The molecule has 0 saturated carbocycles. The highest BCUT2D eigenvalue weighted by molar-refractivity contribution is 9.10. The molecule has 1 atom stereocenters. The van der Waals surface area contributed by atoms with Crippen LogP contribution in [-0.2, 0) is 0 Å². The van der Waals surface area contributed by atoms with Gasteiger partial charge < -0.3 is 10.5 Å². The van der Waals surface area contributed by atoms with Crippen LogP contribution in [0.2, 0.25) is 0 Å². The molecule has 0 aliphatic carbocycles. The Hall–Kier alpha value is -0.840. The number of hydrogen-bond acceptors (Lipinski definition) is 3. The lowest BCUT2D eigenvalue weighted by atomic mass is 10.2. The zero-order chi connectivity index (χ0) is 12.3. The van der Waals surface area contributed by atoms with E-state index in [0.717, 1.165) is 15.1 Å². The minimum absolute atomic E-state index is 0.0623. The Labute approximate surface area is 114 Å². The zero-order valence-corrected chi connectivity index (χ0v) is 11.9. The highest BCUT2D eigenvalue weighted by atomic mass is 79.9. The lowest BCUT2D eigenvalue weighted by Gasteiger charge is -2.11. The Bertz CT molecular complexity index is 498. The van der Waals surface area contributed by atoms with Gasteiger partial charge in [0.2, 0.25) is 0 Å². The quantitative estimate of drug-likeness (QED) is 0.929. The first-order chi connectivity index (χ1) is 8.15. The number of nitrogens with two attached hydrogens (primary N) is 1. The summed E-state index contributed by atoms with van der Waals surface area (Å²) in [5.74, 6) is 0.836. The van der Waals surface area contributed by atoms with Crippen molar-refractivity contribution >= 4 is 27.3 Å². The van der Waals surface area contributed by atoms with Crippen molar-refractivity contribution in [1.29, 1.82) is 0 Å². The molecule has 90 valence electrons. The molecule has 2 nitrogen and oxygen atoms in total. The molecule has 0 saturated heterocycles. The number of aryl methyl sites for hydroxylation is 1. The third-order valence-electron chi connectivity index (χ3n) is 2.35. The maximum absolute atomic E-state index is 6.07. The molecular weight excluding hydrogens is 298 g/mol. The summed E-state index contributed by atoms with van der Waals surface area (Å²) in [4.78, 5) is 2.44. The highest BCUT2D eigenvalue weighted by Crippen LogP contribution is 2.23. The third kappa shape index (κ3) is 3.56. The summed E-state index contributed by atoms with van der Waals surface area (Å²) in [5.41, 5.74) is 6.07. The molecular formula is C13H14BrNOS. The van der Waals surface area contributed by atoms with Gasteiger partial charge in [-0.3, -0.25) is 0 Å². The van der Waals surface area contributed by atoms with Crippen LogP contribution in [-0.4, -0.2) is 6.61 Å². The van der Waals surface area contributed by atoms with Gasteiger partial charge in [-0.1, -0.05) is 22.0 Å². The van der Waals surface area contributed by atoms with Crippen LogP contribution in [0.4, 0.5) is 0 Å². The Morgan fingerprint density at radius 2 is 2.18 bits per heavy atom. The van der Waals surface area contributed by atoms with Gasteiger partial charge in [-0.15, -0.1) is 11.3 Å². The van der Waals surface area contributed by atoms with Gasteiger partial charge >= 0.3 is 0 Å². The summed E-state index contributed by atoms with van der Waals surface area (Å²) < 4.78 is 6.67. The minimum Gasteiger partial charge on any atom is -0.492 e. The van der Waals surface area contributed by atoms with Gasteiger partial charge in [-0.05, 0) is 37.3 Å². The fourth-order valence-electron chi connectivity index (χ4n) is 1.48. The van der Waals surface area contributed by atoms with Crippen LogP contribution in [0.5, 0.6) is 5.75 Å². The van der Waals surface area contributed by atoms with Gasteiger partial charge in [0.25, 0.3) is 0 Å². The molecule has 1 heterocycles. The van der Waals surface area contributed by atoms with Crippen LogP contribution < -0.4 is 10.5 Å². The van der Waals surface area contributed by atoms with Crippen molar-refractivity contribution in [2.24, 2.45) is 5.73 Å². The Morgan fingerprint density at radius 1 is 1.35 bits per heavy atom. The minimum atomic E-state index is -0.0623. The van der Waals surface area contributed by atoms with Crippen molar-refractivity contribution in [3.63, 3.8) is 0 Å². The molecule has 2 N–H and O–H groups in total. The van der Waals surface area contributed by atoms with Crippen LogP contribution in [0.15, 0.2) is 40.9 Å². The van der Waals surface area contributed by atoms with Crippen molar-refractivity contribution in [3.8, 4) is 5.75 Å². The third-order valence-corrected chi connectivity index (χ3v) is 3.98. The van der Waals surface area contributed by atoms with Gasteiger partial charge in [-0.25, -0.2) is 0 Å². The fourth-order valence-corrected chi connectivity index (χ4v) is 2.72. The molecule has 0 spiro atoms. The van der Waals surface area contributed by atoms with E-state index in [0.29, 0.717) is 6.61 Å². The van der Waals surface area contributed by atoms with E-state index in [1.165, 1.54) is 4.88 Å². The Kier molecular flexibility index (Phi) is 4.20. The average molecular weight is 312 g/mol. The number of ether oxygens (including phenoxy) is 1. The van der Waals surface area contributed by atoms with Crippen LogP contribution in [0, 0.1) is 6.92 Å². The topological polar surface area (TPSA) is 35.2 Å². The summed E-state index contributed by atoms with van der Waals surface area (Å²) >= 11 is 5.13. The largest absolute Gasteiger partial charge is 0.492 e. The fraction of sp³-hybridized carbons (Fsp3) is 0.231. The van der Waals surface area contributed by atoms with Gasteiger partial charge in [0, 0.05) is 14.2 Å². The maximum atomic E-state index is 6.07. The lowest BCUT2D eigenvalue weighted by Crippen LogP contribution is -2.17. The smallest absolute Gasteiger partial charge is 0.120 e. The van der Waals surface area contributed by atoms with Gasteiger partial charge in [0.15, 0.2) is 0 Å².